The second-order valence-electron chi connectivity index (χ2n) is 7.43. The zero-order chi connectivity index (χ0) is 21.7. The van der Waals surface area contributed by atoms with E-state index in [9.17, 15) is 0 Å². The Hall–Kier alpha value is -2.49. The first-order chi connectivity index (χ1) is 14.4. The fourth-order valence-electron chi connectivity index (χ4n) is 3.19. The van der Waals surface area contributed by atoms with E-state index in [1.165, 1.54) is 0 Å². The Labute approximate surface area is 182 Å². The van der Waals surface area contributed by atoms with Crippen LogP contribution in [0.4, 0.5) is 28.8 Å². The van der Waals surface area contributed by atoms with Crippen molar-refractivity contribution in [2.45, 2.75) is 0 Å². The van der Waals surface area contributed by atoms with Crippen LogP contribution in [-0.4, -0.2) is 82.5 Å². The first-order valence-corrected chi connectivity index (χ1v) is 10.2. The summed E-state index contributed by atoms with van der Waals surface area (Å²) in [6.45, 7) is 4.53. The number of aromatic nitrogens is 2. The number of hydrogen-bond donors (Lipinski definition) is 2. The number of hydrogen-bond acceptors (Lipinski definition) is 9. The van der Waals surface area contributed by atoms with Gasteiger partial charge in [-0.05, 0) is 20.2 Å². The zero-order valence-corrected chi connectivity index (χ0v) is 18.7. The topological polar surface area (TPSA) is 92.0 Å². The molecule has 0 unspecified atom stereocenters. The standard InChI is InChI=1S/C20H30ClN7O2/c1-26(2)5-6-27(3)17-12-18(29-4)16(11-15(17)22)24-20-23-13-14(21)19(25-20)28-7-9-30-10-8-28/h11-13H,5-10,22H2,1-4H3,(H,23,24,25). The highest BCUT2D eigenvalue weighted by Gasteiger charge is 2.18. The van der Waals surface area contributed by atoms with Gasteiger partial charge >= 0.3 is 0 Å². The number of nitrogen functional groups attached to an aromatic ring is 1. The number of ether oxygens (including phenoxy) is 2. The van der Waals surface area contributed by atoms with E-state index in [0.29, 0.717) is 47.1 Å². The van der Waals surface area contributed by atoms with E-state index in [-0.39, 0.29) is 0 Å². The van der Waals surface area contributed by atoms with Crippen molar-refractivity contribution in [2.75, 3.05) is 88.5 Å². The average molecular weight is 436 g/mol. The highest BCUT2D eigenvalue weighted by molar-refractivity contribution is 6.32. The molecule has 0 spiro atoms. The molecule has 1 aliphatic rings. The van der Waals surface area contributed by atoms with Crippen LogP contribution in [0.2, 0.25) is 5.02 Å². The molecule has 2 heterocycles. The van der Waals surface area contributed by atoms with Crippen LogP contribution in [0.1, 0.15) is 0 Å². The number of anilines is 5. The maximum atomic E-state index is 6.34. The summed E-state index contributed by atoms with van der Waals surface area (Å²) < 4.78 is 11.0. The Kier molecular flexibility index (Phi) is 7.41. The number of nitrogens with zero attached hydrogens (tertiary/aromatic N) is 5. The fourth-order valence-corrected chi connectivity index (χ4v) is 3.40. The highest BCUT2D eigenvalue weighted by Crippen LogP contribution is 2.36. The molecule has 0 bridgehead atoms. The molecule has 1 fully saturated rings. The summed E-state index contributed by atoms with van der Waals surface area (Å²) in [5.74, 6) is 1.76. The molecule has 0 amide bonds. The van der Waals surface area contributed by atoms with Gasteiger partial charge in [-0.15, -0.1) is 0 Å². The molecule has 1 aromatic carbocycles. The van der Waals surface area contributed by atoms with E-state index >= 15 is 0 Å². The van der Waals surface area contributed by atoms with Gasteiger partial charge in [0.05, 0.1) is 43.6 Å². The third-order valence-electron chi connectivity index (χ3n) is 4.93. The molecule has 1 aromatic heterocycles. The lowest BCUT2D eigenvalue weighted by Crippen LogP contribution is -2.37. The van der Waals surface area contributed by atoms with Gasteiger partial charge in [-0.3, -0.25) is 0 Å². The molecule has 1 aliphatic heterocycles. The summed E-state index contributed by atoms with van der Waals surface area (Å²) >= 11 is 6.33. The van der Waals surface area contributed by atoms with Gasteiger partial charge in [0, 0.05) is 39.3 Å². The molecule has 3 rings (SSSR count). The van der Waals surface area contributed by atoms with Crippen LogP contribution in [0, 0.1) is 0 Å². The number of likely N-dealkylation sites (N-methyl/N-ethyl adjacent to an activating group) is 2. The Morgan fingerprint density at radius 3 is 2.63 bits per heavy atom. The van der Waals surface area contributed by atoms with E-state index < -0.39 is 0 Å². The van der Waals surface area contributed by atoms with Crippen LogP contribution in [0.3, 0.4) is 0 Å². The molecule has 10 heteroatoms. The van der Waals surface area contributed by atoms with Crippen LogP contribution in [0.5, 0.6) is 5.75 Å². The van der Waals surface area contributed by atoms with Gasteiger partial charge in [-0.25, -0.2) is 4.98 Å². The molecule has 164 valence electrons. The molecule has 3 N–H and O–H groups in total. The number of halogens is 1. The van der Waals surface area contributed by atoms with Crippen LogP contribution < -0.4 is 25.6 Å². The van der Waals surface area contributed by atoms with Crippen molar-refractivity contribution in [3.05, 3.63) is 23.4 Å². The quantitative estimate of drug-likeness (QED) is 0.606. The summed E-state index contributed by atoms with van der Waals surface area (Å²) in [5, 5.41) is 3.72. The summed E-state index contributed by atoms with van der Waals surface area (Å²) in [5.41, 5.74) is 8.58. The van der Waals surface area contributed by atoms with Crippen molar-refractivity contribution in [3.8, 4) is 5.75 Å². The summed E-state index contributed by atoms with van der Waals surface area (Å²) in [7, 11) is 7.73. The van der Waals surface area contributed by atoms with Crippen molar-refractivity contribution in [3.63, 3.8) is 0 Å². The van der Waals surface area contributed by atoms with E-state index in [0.717, 1.165) is 31.9 Å². The van der Waals surface area contributed by atoms with E-state index in [1.54, 1.807) is 13.3 Å². The molecule has 0 radical (unpaired) electrons. The molecule has 0 saturated carbocycles. The van der Waals surface area contributed by atoms with E-state index in [4.69, 9.17) is 26.8 Å². The van der Waals surface area contributed by atoms with Gasteiger partial charge in [0.25, 0.3) is 0 Å². The number of morpholine rings is 1. The molecule has 9 nitrogen and oxygen atoms in total. The first-order valence-electron chi connectivity index (χ1n) is 9.84. The smallest absolute Gasteiger partial charge is 0.229 e. The molecular weight excluding hydrogens is 406 g/mol. The number of nitrogens with two attached hydrogens (primary N) is 1. The largest absolute Gasteiger partial charge is 0.494 e. The summed E-state index contributed by atoms with van der Waals surface area (Å²) in [6, 6.07) is 3.76. The Bertz CT molecular complexity index is 859. The lowest BCUT2D eigenvalue weighted by Gasteiger charge is -2.28. The first kappa shape index (κ1) is 22.2. The van der Waals surface area contributed by atoms with Crippen LogP contribution in [0.25, 0.3) is 0 Å². The molecular formula is C20H30ClN7O2. The van der Waals surface area contributed by atoms with Gasteiger partial charge in [-0.1, -0.05) is 11.6 Å². The highest BCUT2D eigenvalue weighted by atomic mass is 35.5. The van der Waals surface area contributed by atoms with Crippen molar-refractivity contribution < 1.29 is 9.47 Å². The van der Waals surface area contributed by atoms with E-state index in [1.807, 2.05) is 33.3 Å². The lowest BCUT2D eigenvalue weighted by atomic mass is 10.2. The molecule has 2 aromatic rings. The summed E-state index contributed by atoms with van der Waals surface area (Å²) in [6.07, 6.45) is 1.60. The van der Waals surface area contributed by atoms with Gasteiger partial charge < -0.3 is 35.2 Å². The predicted molar refractivity (Wildman–Crippen MR) is 123 cm³/mol. The number of benzene rings is 1. The third kappa shape index (κ3) is 5.35. The normalized spacial score (nSPS) is 14.1. The number of methoxy groups -OCH3 is 1. The zero-order valence-electron chi connectivity index (χ0n) is 18.0. The van der Waals surface area contributed by atoms with Crippen molar-refractivity contribution >= 4 is 40.4 Å². The van der Waals surface area contributed by atoms with E-state index in [2.05, 4.69) is 30.0 Å². The van der Waals surface area contributed by atoms with Gasteiger partial charge in [0.2, 0.25) is 5.95 Å². The van der Waals surface area contributed by atoms with Gasteiger partial charge in [0.15, 0.2) is 5.82 Å². The molecule has 1 saturated heterocycles. The second kappa shape index (κ2) is 10.0. The fraction of sp³-hybridized carbons (Fsp3) is 0.500. The van der Waals surface area contributed by atoms with Crippen LogP contribution in [0.15, 0.2) is 18.3 Å². The summed E-state index contributed by atoms with van der Waals surface area (Å²) in [4.78, 5) is 15.2. The van der Waals surface area contributed by atoms with Crippen molar-refractivity contribution in [1.82, 2.24) is 14.9 Å². The number of nitrogens with one attached hydrogen (secondary N) is 1. The van der Waals surface area contributed by atoms with Gasteiger partial charge in [0.1, 0.15) is 10.8 Å². The Morgan fingerprint density at radius 1 is 1.23 bits per heavy atom. The predicted octanol–water partition coefficient (Wildman–Crippen LogP) is 2.30. The molecule has 0 atom stereocenters. The maximum absolute atomic E-state index is 6.34. The average Bonchev–Trinajstić information content (AvgIpc) is 2.74. The molecule has 0 aliphatic carbocycles. The van der Waals surface area contributed by atoms with Crippen LogP contribution in [-0.2, 0) is 4.74 Å². The van der Waals surface area contributed by atoms with Gasteiger partial charge in [-0.2, -0.15) is 4.98 Å². The Morgan fingerprint density at radius 2 is 1.97 bits per heavy atom. The van der Waals surface area contributed by atoms with Crippen LogP contribution >= 0.6 is 11.6 Å². The minimum atomic E-state index is 0.423. The minimum absolute atomic E-state index is 0.423. The van der Waals surface area contributed by atoms with Crippen molar-refractivity contribution in [1.29, 1.82) is 0 Å². The number of rotatable bonds is 8. The Balaban J connectivity index is 1.83. The monoisotopic (exact) mass is 435 g/mol. The second-order valence-corrected chi connectivity index (χ2v) is 7.83. The maximum Gasteiger partial charge on any atom is 0.229 e. The third-order valence-corrected chi connectivity index (χ3v) is 5.19. The SMILES string of the molecule is COc1cc(N(C)CCN(C)C)c(N)cc1Nc1ncc(Cl)c(N2CCOCC2)n1. The minimum Gasteiger partial charge on any atom is -0.494 e. The molecule has 30 heavy (non-hydrogen) atoms. The van der Waals surface area contributed by atoms with Crippen molar-refractivity contribution in [2.24, 2.45) is 0 Å². The lowest BCUT2D eigenvalue weighted by molar-refractivity contribution is 0.122.